The molecule has 98 valence electrons. The van der Waals surface area contributed by atoms with E-state index in [9.17, 15) is 14.5 Å². The van der Waals surface area contributed by atoms with Gasteiger partial charge in [-0.25, -0.2) is 4.39 Å². The maximum absolute atomic E-state index is 13.2. The van der Waals surface area contributed by atoms with Crippen molar-refractivity contribution < 1.29 is 9.31 Å². The molecule has 1 aliphatic rings. The molecule has 0 amide bonds. The molecule has 0 bridgehead atoms. The fourth-order valence-corrected chi connectivity index (χ4v) is 2.32. The van der Waals surface area contributed by atoms with Crippen molar-refractivity contribution in [3.05, 3.63) is 39.7 Å². The first-order valence-electron chi connectivity index (χ1n) is 5.88. The zero-order valence-corrected chi connectivity index (χ0v) is 10.2. The van der Waals surface area contributed by atoms with Crippen molar-refractivity contribution in [2.75, 3.05) is 13.1 Å². The molecule has 5 nitrogen and oxygen atoms in total. The summed E-state index contributed by atoms with van der Waals surface area (Å²) in [4.78, 5) is 12.4. The zero-order valence-electron chi connectivity index (χ0n) is 10.2. The second kappa shape index (κ2) is 4.99. The van der Waals surface area contributed by atoms with Crippen LogP contribution in [-0.4, -0.2) is 29.0 Å². The third-order valence-corrected chi connectivity index (χ3v) is 3.38. The van der Waals surface area contributed by atoms with Crippen LogP contribution in [0.15, 0.2) is 18.2 Å². The molecule has 1 aromatic carbocycles. The molecule has 0 saturated carbocycles. The van der Waals surface area contributed by atoms with Crippen LogP contribution in [0.25, 0.3) is 0 Å². The minimum Gasteiger partial charge on any atom is -0.326 e. The molecular formula is C12H16FN3O2. The number of benzene rings is 1. The average Bonchev–Trinajstić information content (AvgIpc) is 2.57. The van der Waals surface area contributed by atoms with E-state index in [1.165, 1.54) is 12.1 Å². The molecule has 1 fully saturated rings. The van der Waals surface area contributed by atoms with Crippen LogP contribution in [0.4, 0.5) is 10.1 Å². The van der Waals surface area contributed by atoms with Gasteiger partial charge in [0.1, 0.15) is 5.82 Å². The number of nitrogens with two attached hydrogens (primary N) is 1. The van der Waals surface area contributed by atoms with Crippen LogP contribution in [0, 0.1) is 21.8 Å². The molecule has 1 aliphatic heterocycles. The van der Waals surface area contributed by atoms with Crippen molar-refractivity contribution in [1.82, 2.24) is 4.90 Å². The topological polar surface area (TPSA) is 72.4 Å². The van der Waals surface area contributed by atoms with Crippen molar-refractivity contribution in [1.29, 1.82) is 0 Å². The van der Waals surface area contributed by atoms with Crippen LogP contribution < -0.4 is 5.73 Å². The Morgan fingerprint density at radius 3 is 2.83 bits per heavy atom. The molecule has 1 aromatic rings. The Morgan fingerprint density at radius 2 is 2.28 bits per heavy atom. The predicted octanol–water partition coefficient (Wildman–Crippen LogP) is 1.51. The Morgan fingerprint density at radius 1 is 1.56 bits per heavy atom. The monoisotopic (exact) mass is 253 g/mol. The van der Waals surface area contributed by atoms with Gasteiger partial charge in [0.25, 0.3) is 5.69 Å². The smallest absolute Gasteiger partial charge is 0.274 e. The van der Waals surface area contributed by atoms with Crippen LogP contribution in [0.1, 0.15) is 12.5 Å². The Labute approximate surface area is 105 Å². The standard InChI is InChI=1S/C12H16FN3O2/c1-8-5-15(7-11(8)14)6-9-4-10(13)2-3-12(9)16(17)18/h2-4,8,11H,5-7,14H2,1H3. The lowest BCUT2D eigenvalue weighted by atomic mass is 10.1. The summed E-state index contributed by atoms with van der Waals surface area (Å²) in [7, 11) is 0. The largest absolute Gasteiger partial charge is 0.326 e. The van der Waals surface area contributed by atoms with Crippen molar-refractivity contribution in [2.24, 2.45) is 11.7 Å². The lowest BCUT2D eigenvalue weighted by Crippen LogP contribution is -2.28. The van der Waals surface area contributed by atoms with Gasteiger partial charge in [0.2, 0.25) is 0 Å². The number of nitro benzene ring substituents is 1. The summed E-state index contributed by atoms with van der Waals surface area (Å²) in [6.07, 6.45) is 0. The second-order valence-electron chi connectivity index (χ2n) is 4.87. The molecule has 18 heavy (non-hydrogen) atoms. The highest BCUT2D eigenvalue weighted by atomic mass is 19.1. The van der Waals surface area contributed by atoms with Gasteiger partial charge >= 0.3 is 0 Å². The Bertz CT molecular complexity index is 457. The highest BCUT2D eigenvalue weighted by Crippen LogP contribution is 2.24. The van der Waals surface area contributed by atoms with E-state index in [4.69, 9.17) is 5.73 Å². The molecule has 2 unspecified atom stereocenters. The summed E-state index contributed by atoms with van der Waals surface area (Å²) in [5, 5.41) is 10.9. The van der Waals surface area contributed by atoms with E-state index in [1.54, 1.807) is 0 Å². The highest BCUT2D eigenvalue weighted by molar-refractivity contribution is 5.40. The van der Waals surface area contributed by atoms with Gasteiger partial charge in [0, 0.05) is 37.3 Å². The molecule has 1 heterocycles. The molecule has 0 spiro atoms. The summed E-state index contributed by atoms with van der Waals surface area (Å²) in [6.45, 7) is 3.89. The summed E-state index contributed by atoms with van der Waals surface area (Å²) < 4.78 is 13.2. The number of hydrogen-bond acceptors (Lipinski definition) is 4. The van der Waals surface area contributed by atoms with Gasteiger partial charge in [-0.15, -0.1) is 0 Å². The molecule has 6 heteroatoms. The first-order valence-corrected chi connectivity index (χ1v) is 5.88. The number of rotatable bonds is 3. The van der Waals surface area contributed by atoms with E-state index in [0.29, 0.717) is 24.6 Å². The summed E-state index contributed by atoms with van der Waals surface area (Å²) in [6, 6.07) is 3.63. The normalized spacial score (nSPS) is 24.4. The van der Waals surface area contributed by atoms with Crippen LogP contribution in [-0.2, 0) is 6.54 Å². The molecule has 0 aliphatic carbocycles. The van der Waals surface area contributed by atoms with Gasteiger partial charge in [-0.05, 0) is 18.1 Å². The highest BCUT2D eigenvalue weighted by Gasteiger charge is 2.28. The van der Waals surface area contributed by atoms with Crippen LogP contribution >= 0.6 is 0 Å². The Balaban J connectivity index is 2.18. The minimum absolute atomic E-state index is 0.0375. The van der Waals surface area contributed by atoms with Gasteiger partial charge in [-0.3, -0.25) is 15.0 Å². The van der Waals surface area contributed by atoms with Crippen molar-refractivity contribution in [2.45, 2.75) is 19.5 Å². The third-order valence-electron chi connectivity index (χ3n) is 3.38. The van der Waals surface area contributed by atoms with Crippen molar-refractivity contribution >= 4 is 5.69 Å². The second-order valence-corrected chi connectivity index (χ2v) is 4.87. The van der Waals surface area contributed by atoms with Gasteiger partial charge in [-0.1, -0.05) is 6.92 Å². The maximum Gasteiger partial charge on any atom is 0.274 e. The van der Waals surface area contributed by atoms with E-state index in [1.807, 2.05) is 11.8 Å². The first kappa shape index (κ1) is 12.9. The van der Waals surface area contributed by atoms with E-state index in [-0.39, 0.29) is 11.7 Å². The number of hydrogen-bond donors (Lipinski definition) is 1. The lowest BCUT2D eigenvalue weighted by molar-refractivity contribution is -0.385. The van der Waals surface area contributed by atoms with Crippen LogP contribution in [0.3, 0.4) is 0 Å². The van der Waals surface area contributed by atoms with E-state index < -0.39 is 10.7 Å². The van der Waals surface area contributed by atoms with E-state index in [0.717, 1.165) is 12.6 Å². The fourth-order valence-electron chi connectivity index (χ4n) is 2.32. The van der Waals surface area contributed by atoms with E-state index in [2.05, 4.69) is 0 Å². The number of halogens is 1. The number of nitrogens with zero attached hydrogens (tertiary/aromatic N) is 2. The summed E-state index contributed by atoms with van der Waals surface area (Å²) >= 11 is 0. The van der Waals surface area contributed by atoms with Gasteiger partial charge < -0.3 is 5.73 Å². The zero-order chi connectivity index (χ0) is 13.3. The first-order chi connectivity index (χ1) is 8.47. The molecule has 0 radical (unpaired) electrons. The van der Waals surface area contributed by atoms with Crippen LogP contribution in [0.2, 0.25) is 0 Å². The minimum atomic E-state index is -0.478. The molecule has 1 saturated heterocycles. The number of likely N-dealkylation sites (tertiary alicyclic amines) is 1. The molecule has 0 aromatic heterocycles. The van der Waals surface area contributed by atoms with Gasteiger partial charge in [0.05, 0.1) is 4.92 Å². The van der Waals surface area contributed by atoms with Crippen molar-refractivity contribution in [3.63, 3.8) is 0 Å². The molecule has 2 atom stereocenters. The SMILES string of the molecule is CC1CN(Cc2cc(F)ccc2[N+](=O)[O-])CC1N. The quantitative estimate of drug-likeness (QED) is 0.654. The molecular weight excluding hydrogens is 237 g/mol. The number of nitro groups is 1. The predicted molar refractivity (Wildman–Crippen MR) is 65.5 cm³/mol. The fraction of sp³-hybridized carbons (Fsp3) is 0.500. The maximum atomic E-state index is 13.2. The van der Waals surface area contributed by atoms with Gasteiger partial charge in [-0.2, -0.15) is 0 Å². The van der Waals surface area contributed by atoms with E-state index >= 15 is 0 Å². The average molecular weight is 253 g/mol. The molecule has 2 N–H and O–H groups in total. The third kappa shape index (κ3) is 2.65. The van der Waals surface area contributed by atoms with Crippen molar-refractivity contribution in [3.8, 4) is 0 Å². The Hall–Kier alpha value is -1.53. The lowest BCUT2D eigenvalue weighted by Gasteiger charge is -2.15. The molecule has 2 rings (SSSR count). The Kier molecular flexibility index (Phi) is 3.58. The van der Waals surface area contributed by atoms with Gasteiger partial charge in [0.15, 0.2) is 0 Å². The summed E-state index contributed by atoms with van der Waals surface area (Å²) in [5.74, 6) is -0.0928. The summed E-state index contributed by atoms with van der Waals surface area (Å²) in [5.41, 5.74) is 6.27. The van der Waals surface area contributed by atoms with Crippen LogP contribution in [0.5, 0.6) is 0 Å².